The highest BCUT2D eigenvalue weighted by molar-refractivity contribution is 7.07. The lowest BCUT2D eigenvalue weighted by Crippen LogP contribution is -2.40. The molecule has 2 heterocycles. The zero-order valence-corrected chi connectivity index (χ0v) is 19.6. The predicted molar refractivity (Wildman–Crippen MR) is 126 cm³/mol. The smallest absolute Gasteiger partial charge is 0.338 e. The van der Waals surface area contributed by atoms with Crippen LogP contribution in [0.25, 0.3) is 6.08 Å². The van der Waals surface area contributed by atoms with Crippen molar-refractivity contribution in [3.8, 4) is 11.5 Å². The first-order valence-electron chi connectivity index (χ1n) is 10.4. The second kappa shape index (κ2) is 9.46. The molecule has 0 fully saturated rings. The fraction of sp³-hybridized carbons (Fsp3) is 0.240. The molecule has 170 valence electrons. The number of ether oxygens (including phenoxy) is 3. The van der Waals surface area contributed by atoms with Gasteiger partial charge in [0.15, 0.2) is 4.80 Å². The molecular weight excluding hydrogens is 440 g/mol. The van der Waals surface area contributed by atoms with E-state index < -0.39 is 12.0 Å². The Labute approximate surface area is 194 Å². The molecule has 1 atom stereocenters. The van der Waals surface area contributed by atoms with Gasteiger partial charge in [-0.2, -0.15) is 0 Å². The number of carbonyl (C=O) groups excluding carboxylic acids is 1. The number of esters is 1. The van der Waals surface area contributed by atoms with Gasteiger partial charge in [-0.15, -0.1) is 0 Å². The third-order valence-electron chi connectivity index (χ3n) is 5.34. The van der Waals surface area contributed by atoms with E-state index in [1.807, 2.05) is 42.5 Å². The van der Waals surface area contributed by atoms with Crippen molar-refractivity contribution >= 4 is 23.4 Å². The maximum Gasteiger partial charge on any atom is 0.338 e. The van der Waals surface area contributed by atoms with Gasteiger partial charge in [0, 0.05) is 5.56 Å². The summed E-state index contributed by atoms with van der Waals surface area (Å²) in [5.41, 5.74) is 2.10. The van der Waals surface area contributed by atoms with Crippen molar-refractivity contribution in [3.63, 3.8) is 0 Å². The third kappa shape index (κ3) is 4.21. The van der Waals surface area contributed by atoms with Crippen LogP contribution in [0.3, 0.4) is 0 Å². The van der Waals surface area contributed by atoms with Crippen molar-refractivity contribution in [2.45, 2.75) is 19.9 Å². The molecule has 7 nitrogen and oxygen atoms in total. The zero-order valence-electron chi connectivity index (χ0n) is 18.8. The molecule has 0 unspecified atom stereocenters. The third-order valence-corrected chi connectivity index (χ3v) is 6.33. The van der Waals surface area contributed by atoms with Crippen molar-refractivity contribution in [2.24, 2.45) is 4.99 Å². The number of allylic oxidation sites excluding steroid dienone is 1. The van der Waals surface area contributed by atoms with Crippen LogP contribution in [0.5, 0.6) is 11.5 Å². The van der Waals surface area contributed by atoms with E-state index in [9.17, 15) is 9.59 Å². The van der Waals surface area contributed by atoms with Gasteiger partial charge in [-0.25, -0.2) is 9.79 Å². The minimum Gasteiger partial charge on any atom is -0.497 e. The number of benzene rings is 2. The highest BCUT2D eigenvalue weighted by Crippen LogP contribution is 2.35. The van der Waals surface area contributed by atoms with Crippen LogP contribution in [0.15, 0.2) is 69.6 Å². The van der Waals surface area contributed by atoms with Crippen LogP contribution >= 0.6 is 11.3 Å². The van der Waals surface area contributed by atoms with E-state index in [1.54, 1.807) is 44.8 Å². The number of hydrogen-bond acceptors (Lipinski definition) is 7. The van der Waals surface area contributed by atoms with Crippen molar-refractivity contribution < 1.29 is 19.0 Å². The molecule has 0 N–H and O–H groups in total. The van der Waals surface area contributed by atoms with Crippen molar-refractivity contribution in [3.05, 3.63) is 90.6 Å². The average Bonchev–Trinajstić information content (AvgIpc) is 3.12. The molecule has 0 aliphatic carbocycles. The van der Waals surface area contributed by atoms with Gasteiger partial charge in [0.05, 0.1) is 36.6 Å². The molecule has 8 heteroatoms. The molecule has 2 aromatic carbocycles. The van der Waals surface area contributed by atoms with E-state index in [-0.39, 0.29) is 12.2 Å². The Balaban J connectivity index is 1.98. The molecule has 0 radical (unpaired) electrons. The molecule has 0 saturated heterocycles. The van der Waals surface area contributed by atoms with E-state index in [1.165, 1.54) is 11.3 Å². The molecule has 1 aliphatic rings. The zero-order chi connectivity index (χ0) is 23.5. The van der Waals surface area contributed by atoms with Crippen LogP contribution in [-0.2, 0) is 9.53 Å². The molecule has 33 heavy (non-hydrogen) atoms. The number of nitrogens with zero attached hydrogens (tertiary/aromatic N) is 2. The molecular formula is C25H24N2O5S. The molecule has 0 bridgehead atoms. The molecule has 0 saturated carbocycles. The van der Waals surface area contributed by atoms with Gasteiger partial charge in [-0.05, 0) is 43.7 Å². The summed E-state index contributed by atoms with van der Waals surface area (Å²) in [7, 11) is 3.16. The summed E-state index contributed by atoms with van der Waals surface area (Å²) in [5.74, 6) is 0.766. The van der Waals surface area contributed by atoms with Crippen molar-refractivity contribution in [2.75, 3.05) is 20.8 Å². The SMILES string of the molecule is CCOC(=O)C1=C(C)N=c2s/c(=C/c3cccc(OC)c3)c(=O)n2[C@@H]1c1ccccc1OC. The van der Waals surface area contributed by atoms with Gasteiger partial charge in [-0.3, -0.25) is 9.36 Å². The highest BCUT2D eigenvalue weighted by atomic mass is 32.1. The summed E-state index contributed by atoms with van der Waals surface area (Å²) in [5, 5.41) is 0. The van der Waals surface area contributed by atoms with E-state index >= 15 is 0 Å². The molecule has 3 aromatic rings. The van der Waals surface area contributed by atoms with Crippen LogP contribution in [0, 0.1) is 0 Å². The van der Waals surface area contributed by atoms with Gasteiger partial charge >= 0.3 is 5.97 Å². The van der Waals surface area contributed by atoms with Crippen LogP contribution < -0.4 is 24.4 Å². The Morgan fingerprint density at radius 2 is 1.94 bits per heavy atom. The van der Waals surface area contributed by atoms with Crippen LogP contribution in [-0.4, -0.2) is 31.4 Å². The summed E-state index contributed by atoms with van der Waals surface area (Å²) < 4.78 is 18.2. The Morgan fingerprint density at radius 1 is 1.15 bits per heavy atom. The number of hydrogen-bond donors (Lipinski definition) is 0. The Kier molecular flexibility index (Phi) is 6.46. The second-order valence-corrected chi connectivity index (χ2v) is 8.33. The predicted octanol–water partition coefficient (Wildman–Crippen LogP) is 2.82. The molecule has 1 aliphatic heterocycles. The van der Waals surface area contributed by atoms with E-state index in [2.05, 4.69) is 4.99 Å². The normalized spacial score (nSPS) is 15.6. The number of thiazole rings is 1. The van der Waals surface area contributed by atoms with Crippen LogP contribution in [0.1, 0.15) is 31.0 Å². The minimum absolute atomic E-state index is 0.217. The number of rotatable bonds is 6. The summed E-state index contributed by atoms with van der Waals surface area (Å²) in [4.78, 5) is 31.7. The summed E-state index contributed by atoms with van der Waals surface area (Å²) >= 11 is 1.27. The van der Waals surface area contributed by atoms with Crippen LogP contribution in [0.2, 0.25) is 0 Å². The largest absolute Gasteiger partial charge is 0.497 e. The number of para-hydroxylation sites is 1. The van der Waals surface area contributed by atoms with Crippen molar-refractivity contribution in [1.29, 1.82) is 0 Å². The monoisotopic (exact) mass is 464 g/mol. The van der Waals surface area contributed by atoms with E-state index in [0.29, 0.717) is 37.7 Å². The summed E-state index contributed by atoms with van der Waals surface area (Å²) in [6.07, 6.45) is 1.80. The standard InChI is InChI=1S/C25H24N2O5S/c1-5-32-24(29)21-15(2)26-25-27(22(21)18-11-6-7-12-19(18)31-4)23(28)20(33-25)14-16-9-8-10-17(13-16)30-3/h6-14,22H,5H2,1-4H3/b20-14+/t22-/m1/s1. The van der Waals surface area contributed by atoms with Gasteiger partial charge < -0.3 is 14.2 Å². The van der Waals surface area contributed by atoms with Crippen molar-refractivity contribution in [1.82, 2.24) is 4.57 Å². The maximum absolute atomic E-state index is 13.6. The summed E-state index contributed by atoms with van der Waals surface area (Å²) in [6, 6.07) is 14.1. The molecule has 4 rings (SSSR count). The lowest BCUT2D eigenvalue weighted by atomic mass is 9.95. The highest BCUT2D eigenvalue weighted by Gasteiger charge is 2.34. The maximum atomic E-state index is 13.6. The molecule has 0 spiro atoms. The average molecular weight is 465 g/mol. The Hall–Kier alpha value is -3.65. The number of methoxy groups -OCH3 is 2. The topological polar surface area (TPSA) is 79.1 Å². The lowest BCUT2D eigenvalue weighted by Gasteiger charge is -2.25. The Morgan fingerprint density at radius 3 is 2.67 bits per heavy atom. The quantitative estimate of drug-likeness (QED) is 0.524. The Bertz CT molecular complexity index is 1420. The second-order valence-electron chi connectivity index (χ2n) is 7.32. The number of aromatic nitrogens is 1. The fourth-order valence-electron chi connectivity index (χ4n) is 3.86. The molecule has 1 aromatic heterocycles. The van der Waals surface area contributed by atoms with Gasteiger partial charge in [-0.1, -0.05) is 41.7 Å². The molecule has 0 amide bonds. The fourth-order valence-corrected chi connectivity index (χ4v) is 4.91. The van der Waals surface area contributed by atoms with Gasteiger partial charge in [0.2, 0.25) is 0 Å². The summed E-state index contributed by atoms with van der Waals surface area (Å²) in [6.45, 7) is 3.72. The van der Waals surface area contributed by atoms with E-state index in [0.717, 1.165) is 5.56 Å². The first kappa shape index (κ1) is 22.5. The number of carbonyl (C=O) groups is 1. The van der Waals surface area contributed by atoms with Gasteiger partial charge in [0.25, 0.3) is 5.56 Å². The minimum atomic E-state index is -0.719. The van der Waals surface area contributed by atoms with E-state index in [4.69, 9.17) is 14.2 Å². The first-order valence-corrected chi connectivity index (χ1v) is 11.3. The first-order chi connectivity index (χ1) is 16.0. The van der Waals surface area contributed by atoms with Gasteiger partial charge in [0.1, 0.15) is 17.5 Å². The van der Waals surface area contributed by atoms with Crippen LogP contribution in [0.4, 0.5) is 0 Å². The lowest BCUT2D eigenvalue weighted by molar-refractivity contribution is -0.139. The number of fused-ring (bicyclic) bond motifs is 1.